The van der Waals surface area contributed by atoms with Gasteiger partial charge in [0.1, 0.15) is 5.60 Å². The monoisotopic (exact) mass is 153 g/mol. The van der Waals surface area contributed by atoms with E-state index in [1.807, 2.05) is 0 Å². The summed E-state index contributed by atoms with van der Waals surface area (Å²) >= 11 is 0. The van der Waals surface area contributed by atoms with Gasteiger partial charge in [0.05, 0.1) is 6.61 Å². The lowest BCUT2D eigenvalue weighted by molar-refractivity contribution is -0.139. The second-order valence-electron chi connectivity index (χ2n) is 2.73. The summed E-state index contributed by atoms with van der Waals surface area (Å²) in [6.07, 6.45) is 4.98. The number of morpholine rings is 1. The maximum Gasteiger partial charge on any atom is 0.238 e. The van der Waals surface area contributed by atoms with Crippen molar-refractivity contribution in [3.63, 3.8) is 0 Å². The summed E-state index contributed by atoms with van der Waals surface area (Å²) < 4.78 is 5.26. The Morgan fingerprint density at radius 3 is 3.00 bits per heavy atom. The van der Waals surface area contributed by atoms with E-state index in [9.17, 15) is 4.79 Å². The van der Waals surface area contributed by atoms with Gasteiger partial charge in [0.15, 0.2) is 0 Å². The fourth-order valence-electron chi connectivity index (χ4n) is 1.02. The Hall–Kier alpha value is -0.850. The molecule has 1 atom stereocenters. The fraction of sp³-hybridized carbons (Fsp3) is 0.625. The normalized spacial score (nSPS) is 30.9. The van der Waals surface area contributed by atoms with Crippen molar-refractivity contribution in [1.29, 1.82) is 0 Å². The summed E-state index contributed by atoms with van der Waals surface area (Å²) in [5.41, 5.74) is -0.799. The van der Waals surface area contributed by atoms with Crippen molar-refractivity contribution in [3.8, 4) is 12.3 Å². The van der Waals surface area contributed by atoms with Crippen LogP contribution in [0.15, 0.2) is 0 Å². The van der Waals surface area contributed by atoms with Gasteiger partial charge in [-0.25, -0.2) is 0 Å². The third-order valence-corrected chi connectivity index (χ3v) is 1.77. The zero-order chi connectivity index (χ0) is 8.32. The van der Waals surface area contributed by atoms with Crippen LogP contribution in [0.25, 0.3) is 0 Å². The lowest BCUT2D eigenvalue weighted by Gasteiger charge is -2.30. The first-order valence-electron chi connectivity index (χ1n) is 3.55. The smallest absolute Gasteiger partial charge is 0.238 e. The van der Waals surface area contributed by atoms with E-state index in [0.717, 1.165) is 6.54 Å². The molecule has 1 unspecified atom stereocenters. The van der Waals surface area contributed by atoms with Gasteiger partial charge in [0, 0.05) is 13.1 Å². The van der Waals surface area contributed by atoms with E-state index in [0.29, 0.717) is 13.2 Å². The van der Waals surface area contributed by atoms with Crippen LogP contribution in [0.1, 0.15) is 6.92 Å². The second kappa shape index (κ2) is 3.04. The van der Waals surface area contributed by atoms with E-state index in [4.69, 9.17) is 11.2 Å². The first kappa shape index (κ1) is 8.25. The quantitative estimate of drug-likeness (QED) is 0.410. The van der Waals surface area contributed by atoms with Crippen molar-refractivity contribution in [2.45, 2.75) is 12.5 Å². The number of carbonyl (C=O) groups is 1. The molecule has 3 heteroatoms. The van der Waals surface area contributed by atoms with Gasteiger partial charge >= 0.3 is 0 Å². The molecule has 0 saturated carbocycles. The van der Waals surface area contributed by atoms with Crippen molar-refractivity contribution in [2.24, 2.45) is 0 Å². The zero-order valence-electron chi connectivity index (χ0n) is 6.52. The molecule has 1 rings (SSSR count). The largest absolute Gasteiger partial charge is 0.364 e. The molecule has 1 aliphatic heterocycles. The maximum atomic E-state index is 11.1. The first-order valence-corrected chi connectivity index (χ1v) is 3.55. The number of rotatable bonds is 1. The summed E-state index contributed by atoms with van der Waals surface area (Å²) in [7, 11) is 0. The van der Waals surface area contributed by atoms with Gasteiger partial charge in [0.2, 0.25) is 5.78 Å². The van der Waals surface area contributed by atoms with Crippen LogP contribution in [0.2, 0.25) is 0 Å². The van der Waals surface area contributed by atoms with Crippen molar-refractivity contribution in [3.05, 3.63) is 0 Å². The highest BCUT2D eigenvalue weighted by Crippen LogP contribution is 2.12. The maximum absolute atomic E-state index is 11.1. The number of nitrogens with one attached hydrogen (secondary N) is 1. The Morgan fingerprint density at radius 1 is 1.82 bits per heavy atom. The van der Waals surface area contributed by atoms with E-state index in [2.05, 4.69) is 11.2 Å². The number of ketones is 1. The Balaban J connectivity index is 2.65. The summed E-state index contributed by atoms with van der Waals surface area (Å²) in [6, 6.07) is 0. The third-order valence-electron chi connectivity index (χ3n) is 1.77. The Labute approximate surface area is 66.1 Å². The molecule has 1 heterocycles. The number of hydrogen-bond acceptors (Lipinski definition) is 3. The molecule has 0 radical (unpaired) electrons. The van der Waals surface area contributed by atoms with Crippen LogP contribution in [0, 0.1) is 12.3 Å². The molecule has 0 aromatic heterocycles. The van der Waals surface area contributed by atoms with Crippen LogP contribution >= 0.6 is 0 Å². The highest BCUT2D eigenvalue weighted by Gasteiger charge is 2.34. The molecule has 1 saturated heterocycles. The molecule has 60 valence electrons. The highest BCUT2D eigenvalue weighted by molar-refractivity contribution is 6.01. The number of terminal acetylenes is 1. The number of Topliss-reactive ketones (excluding diaryl/α,β-unsaturated/α-hetero) is 1. The topological polar surface area (TPSA) is 38.3 Å². The predicted octanol–water partition coefficient (Wildman–Crippen LogP) is -0.433. The van der Waals surface area contributed by atoms with Crippen LogP contribution in [0.3, 0.4) is 0 Å². The summed E-state index contributed by atoms with van der Waals surface area (Å²) in [6.45, 7) is 3.55. The molecule has 1 fully saturated rings. The minimum Gasteiger partial charge on any atom is -0.364 e. The van der Waals surface area contributed by atoms with Gasteiger partial charge < -0.3 is 10.1 Å². The van der Waals surface area contributed by atoms with Gasteiger partial charge in [-0.15, -0.1) is 6.42 Å². The molecule has 1 N–H and O–H groups in total. The van der Waals surface area contributed by atoms with E-state index < -0.39 is 5.60 Å². The predicted molar refractivity (Wildman–Crippen MR) is 41.1 cm³/mol. The van der Waals surface area contributed by atoms with Crippen LogP contribution in [-0.2, 0) is 9.53 Å². The van der Waals surface area contributed by atoms with E-state index in [1.54, 1.807) is 6.92 Å². The van der Waals surface area contributed by atoms with Crippen molar-refractivity contribution < 1.29 is 9.53 Å². The molecular formula is C8H11NO2. The van der Waals surface area contributed by atoms with Crippen LogP contribution in [0.5, 0.6) is 0 Å². The van der Waals surface area contributed by atoms with E-state index in [1.165, 1.54) is 0 Å². The molecule has 1 aliphatic rings. The van der Waals surface area contributed by atoms with Crippen molar-refractivity contribution in [2.75, 3.05) is 19.7 Å². The van der Waals surface area contributed by atoms with Crippen LogP contribution in [0.4, 0.5) is 0 Å². The molecule has 3 nitrogen and oxygen atoms in total. The van der Waals surface area contributed by atoms with Crippen molar-refractivity contribution in [1.82, 2.24) is 5.32 Å². The molecule has 0 aromatic rings. The molecular weight excluding hydrogens is 142 g/mol. The summed E-state index contributed by atoms with van der Waals surface area (Å²) in [5, 5.41) is 3.05. The minimum atomic E-state index is -0.799. The van der Waals surface area contributed by atoms with Crippen molar-refractivity contribution >= 4 is 5.78 Å². The number of hydrogen-bond donors (Lipinski definition) is 1. The summed E-state index contributed by atoms with van der Waals surface area (Å²) in [5.74, 6) is 1.78. The average molecular weight is 153 g/mol. The lowest BCUT2D eigenvalue weighted by atomic mass is 10.0. The molecule has 0 amide bonds. The zero-order valence-corrected chi connectivity index (χ0v) is 6.52. The molecule has 0 aromatic carbocycles. The van der Waals surface area contributed by atoms with Gasteiger partial charge in [-0.05, 0) is 12.8 Å². The SMILES string of the molecule is C#CC(=O)C1(C)CNCCO1. The van der Waals surface area contributed by atoms with Gasteiger partial charge in [0.25, 0.3) is 0 Å². The Morgan fingerprint density at radius 2 is 2.55 bits per heavy atom. The van der Waals surface area contributed by atoms with Crippen LogP contribution in [-0.4, -0.2) is 31.1 Å². The van der Waals surface area contributed by atoms with Crippen LogP contribution < -0.4 is 5.32 Å². The van der Waals surface area contributed by atoms with E-state index in [-0.39, 0.29) is 5.78 Å². The number of ether oxygens (including phenoxy) is 1. The number of carbonyl (C=O) groups excluding carboxylic acids is 1. The summed E-state index contributed by atoms with van der Waals surface area (Å²) in [4.78, 5) is 11.1. The Kier molecular flexibility index (Phi) is 2.28. The fourth-order valence-corrected chi connectivity index (χ4v) is 1.02. The molecule has 0 bridgehead atoms. The standard InChI is InChI=1S/C8H11NO2/c1-3-7(10)8(2)6-9-4-5-11-8/h1,9H,4-6H2,2H3. The minimum absolute atomic E-state index is 0.287. The van der Waals surface area contributed by atoms with Gasteiger partial charge in [-0.1, -0.05) is 0 Å². The molecule has 0 spiro atoms. The lowest BCUT2D eigenvalue weighted by Crippen LogP contribution is -2.52. The van der Waals surface area contributed by atoms with E-state index >= 15 is 0 Å². The first-order chi connectivity index (χ1) is 5.19. The highest BCUT2D eigenvalue weighted by atomic mass is 16.5. The van der Waals surface area contributed by atoms with Gasteiger partial charge in [-0.3, -0.25) is 4.79 Å². The Bertz CT molecular complexity index is 199. The second-order valence-corrected chi connectivity index (χ2v) is 2.73. The van der Waals surface area contributed by atoms with Gasteiger partial charge in [-0.2, -0.15) is 0 Å². The molecule has 11 heavy (non-hydrogen) atoms. The molecule has 0 aliphatic carbocycles. The average Bonchev–Trinajstić information content (AvgIpc) is 2.04. The third kappa shape index (κ3) is 1.59.